The normalized spacial score (nSPS) is 24.0. The van der Waals surface area contributed by atoms with Crippen LogP contribution in [0, 0.1) is 6.07 Å². The van der Waals surface area contributed by atoms with E-state index in [9.17, 15) is 0 Å². The molecule has 1 radical (unpaired) electrons. The molecule has 2 aromatic rings. The number of hydrogen-bond donors (Lipinski definition) is 1. The second-order valence-electron chi connectivity index (χ2n) is 5.90. The van der Waals surface area contributed by atoms with Gasteiger partial charge in [-0.05, 0) is 12.0 Å². The number of rotatable bonds is 4. The summed E-state index contributed by atoms with van der Waals surface area (Å²) in [6, 6.07) is 20.3. The standard InChI is InChI=1S/C13H16O3.C7H7O.V/c1-2-4-10(5-3-1)8-15-12-9-16-11-6-7-14-13(11)12;8-6-7-4-2-1-3-5-7;/h1-5,11-13H,6-9H2;2-5,8H,6H2;/q;-1;/t11-,12-,13+;;/m1../s1. The zero-order chi connectivity index (χ0) is 16.6. The molecular weight excluding hydrogens is 355 g/mol. The minimum absolute atomic E-state index is 0. The molecule has 3 atom stereocenters. The van der Waals surface area contributed by atoms with E-state index < -0.39 is 0 Å². The monoisotopic (exact) mass is 378 g/mol. The molecule has 133 valence electrons. The Balaban J connectivity index is 0.000000214. The van der Waals surface area contributed by atoms with E-state index in [1.807, 2.05) is 30.3 Å². The van der Waals surface area contributed by atoms with Crippen molar-refractivity contribution in [2.75, 3.05) is 13.2 Å². The van der Waals surface area contributed by atoms with Gasteiger partial charge >= 0.3 is 0 Å². The minimum Gasteiger partial charge on any atom is -0.394 e. The predicted octanol–water partition coefficient (Wildman–Crippen LogP) is 2.74. The molecule has 2 heterocycles. The van der Waals surface area contributed by atoms with Crippen molar-refractivity contribution >= 4 is 0 Å². The van der Waals surface area contributed by atoms with E-state index in [0.29, 0.717) is 13.2 Å². The molecule has 5 heteroatoms. The molecule has 0 saturated carbocycles. The van der Waals surface area contributed by atoms with Crippen LogP contribution in [0.1, 0.15) is 17.5 Å². The summed E-state index contributed by atoms with van der Waals surface area (Å²) in [7, 11) is 0. The summed E-state index contributed by atoms with van der Waals surface area (Å²) in [5.41, 5.74) is 2.13. The Morgan fingerprint density at radius 2 is 1.80 bits per heavy atom. The molecule has 0 bridgehead atoms. The Morgan fingerprint density at radius 1 is 1.04 bits per heavy atom. The fourth-order valence-electron chi connectivity index (χ4n) is 2.88. The number of hydrogen-bond acceptors (Lipinski definition) is 4. The summed E-state index contributed by atoms with van der Waals surface area (Å²) in [6.07, 6.45) is 1.53. The van der Waals surface area contributed by atoms with Gasteiger partial charge in [-0.25, -0.2) is 0 Å². The molecule has 0 aromatic heterocycles. The van der Waals surface area contributed by atoms with Crippen LogP contribution in [0.3, 0.4) is 0 Å². The molecule has 0 unspecified atom stereocenters. The van der Waals surface area contributed by atoms with E-state index in [4.69, 9.17) is 19.3 Å². The van der Waals surface area contributed by atoms with Crippen LogP contribution in [-0.2, 0) is 46.0 Å². The Labute approximate surface area is 161 Å². The molecule has 2 aromatic carbocycles. The number of aliphatic hydroxyl groups excluding tert-OH is 1. The molecule has 4 rings (SSSR count). The second-order valence-corrected chi connectivity index (χ2v) is 5.90. The van der Waals surface area contributed by atoms with E-state index >= 15 is 0 Å². The molecule has 1 N–H and O–H groups in total. The topological polar surface area (TPSA) is 47.9 Å². The third-order valence-electron chi connectivity index (χ3n) is 4.20. The average molecular weight is 378 g/mol. The number of benzene rings is 2. The smallest absolute Gasteiger partial charge is 0.112 e. The fraction of sp³-hybridized carbons (Fsp3) is 0.400. The summed E-state index contributed by atoms with van der Waals surface area (Å²) in [5.74, 6) is 0. The zero-order valence-corrected chi connectivity index (χ0v) is 15.5. The molecular formula is C20H23O4V-. The van der Waals surface area contributed by atoms with E-state index in [0.717, 1.165) is 18.6 Å². The fourth-order valence-corrected chi connectivity index (χ4v) is 2.88. The maximum atomic E-state index is 8.52. The molecule has 2 aliphatic heterocycles. The van der Waals surface area contributed by atoms with E-state index in [2.05, 4.69) is 18.2 Å². The quantitative estimate of drug-likeness (QED) is 0.832. The van der Waals surface area contributed by atoms with Gasteiger partial charge < -0.3 is 19.3 Å². The molecule has 4 nitrogen and oxygen atoms in total. The SMILES string of the molecule is OCc1cc[c-]cc1.[V].c1ccc(CO[C@@H]2CO[C@@H]3CCO[C@@H]32)cc1. The van der Waals surface area contributed by atoms with Gasteiger partial charge in [-0.3, -0.25) is 0 Å². The van der Waals surface area contributed by atoms with Crippen molar-refractivity contribution in [3.05, 3.63) is 71.8 Å². The number of aliphatic hydroxyl groups is 1. The van der Waals surface area contributed by atoms with Crippen LogP contribution >= 0.6 is 0 Å². The van der Waals surface area contributed by atoms with Crippen molar-refractivity contribution in [2.24, 2.45) is 0 Å². The summed E-state index contributed by atoms with van der Waals surface area (Å²) in [6.45, 7) is 2.23. The van der Waals surface area contributed by atoms with Crippen molar-refractivity contribution in [1.29, 1.82) is 0 Å². The Kier molecular flexibility index (Phi) is 8.69. The van der Waals surface area contributed by atoms with Gasteiger partial charge in [-0.15, -0.1) is 5.56 Å². The van der Waals surface area contributed by atoms with Crippen molar-refractivity contribution in [2.45, 2.75) is 37.9 Å². The largest absolute Gasteiger partial charge is 0.394 e. The van der Waals surface area contributed by atoms with Gasteiger partial charge in [0.2, 0.25) is 0 Å². The van der Waals surface area contributed by atoms with E-state index in [1.165, 1.54) is 5.56 Å². The molecule has 0 aliphatic carbocycles. The van der Waals surface area contributed by atoms with Crippen molar-refractivity contribution in [3.63, 3.8) is 0 Å². The predicted molar refractivity (Wildman–Crippen MR) is 90.3 cm³/mol. The van der Waals surface area contributed by atoms with Gasteiger partial charge in [0.15, 0.2) is 0 Å². The number of ether oxygens (including phenoxy) is 3. The van der Waals surface area contributed by atoms with Gasteiger partial charge in [0.1, 0.15) is 12.2 Å². The van der Waals surface area contributed by atoms with Crippen LogP contribution in [0.4, 0.5) is 0 Å². The van der Waals surface area contributed by atoms with Crippen LogP contribution in [0.2, 0.25) is 0 Å². The Hall–Kier alpha value is -1.14. The van der Waals surface area contributed by atoms with Crippen LogP contribution in [-0.4, -0.2) is 36.6 Å². The van der Waals surface area contributed by atoms with Crippen molar-refractivity contribution < 1.29 is 37.9 Å². The van der Waals surface area contributed by atoms with Gasteiger partial charge in [-0.2, -0.15) is 30.3 Å². The first-order valence-electron chi connectivity index (χ1n) is 8.31. The van der Waals surface area contributed by atoms with Gasteiger partial charge in [-0.1, -0.05) is 30.3 Å². The van der Waals surface area contributed by atoms with E-state index in [1.54, 1.807) is 12.1 Å². The third-order valence-corrected chi connectivity index (χ3v) is 4.20. The summed E-state index contributed by atoms with van der Waals surface area (Å²) < 4.78 is 17.1. The molecule has 0 amide bonds. The zero-order valence-electron chi connectivity index (χ0n) is 14.1. The van der Waals surface area contributed by atoms with Gasteiger partial charge in [0.25, 0.3) is 0 Å². The molecule has 2 fully saturated rings. The Bertz CT molecular complexity index is 593. The summed E-state index contributed by atoms with van der Waals surface area (Å²) in [4.78, 5) is 0. The molecule has 25 heavy (non-hydrogen) atoms. The Morgan fingerprint density at radius 3 is 2.48 bits per heavy atom. The van der Waals surface area contributed by atoms with Crippen LogP contribution in [0.25, 0.3) is 0 Å². The van der Waals surface area contributed by atoms with Gasteiger partial charge in [0.05, 0.1) is 19.3 Å². The first-order valence-corrected chi connectivity index (χ1v) is 8.31. The molecule has 2 aliphatic rings. The van der Waals surface area contributed by atoms with Crippen molar-refractivity contribution in [1.82, 2.24) is 0 Å². The maximum Gasteiger partial charge on any atom is 0.112 e. The second kappa shape index (κ2) is 10.8. The minimum atomic E-state index is 0. The summed E-state index contributed by atoms with van der Waals surface area (Å²) >= 11 is 0. The summed E-state index contributed by atoms with van der Waals surface area (Å²) in [5, 5.41) is 8.52. The van der Waals surface area contributed by atoms with Crippen LogP contribution < -0.4 is 0 Å². The van der Waals surface area contributed by atoms with Crippen LogP contribution in [0.15, 0.2) is 54.6 Å². The van der Waals surface area contributed by atoms with Gasteiger partial charge in [0, 0.05) is 31.8 Å². The first kappa shape index (κ1) is 20.2. The maximum absolute atomic E-state index is 8.52. The first-order chi connectivity index (χ1) is 11.9. The van der Waals surface area contributed by atoms with Crippen LogP contribution in [0.5, 0.6) is 0 Å². The molecule has 0 spiro atoms. The average Bonchev–Trinajstić information content (AvgIpc) is 3.26. The molecule has 2 saturated heterocycles. The van der Waals surface area contributed by atoms with E-state index in [-0.39, 0.29) is 43.5 Å². The number of fused-ring (bicyclic) bond motifs is 1. The van der Waals surface area contributed by atoms with Crippen molar-refractivity contribution in [3.8, 4) is 0 Å². The third kappa shape index (κ3) is 5.96.